The van der Waals surface area contributed by atoms with Crippen LogP contribution in [-0.2, 0) is 14.3 Å². The van der Waals surface area contributed by atoms with E-state index in [1.165, 1.54) is 0 Å². The van der Waals surface area contributed by atoms with Gasteiger partial charge in [-0.1, -0.05) is 59.8 Å². The maximum Gasteiger partial charge on any atom is 0.194 e. The molecule has 2 aromatic carbocycles. The zero-order valence-corrected chi connectivity index (χ0v) is 12.5. The fraction of sp³-hybridized carbons (Fsp3) is 0.222. The summed E-state index contributed by atoms with van der Waals surface area (Å²) in [5, 5.41) is 13.4. The van der Waals surface area contributed by atoms with Gasteiger partial charge >= 0.3 is 0 Å². The highest BCUT2D eigenvalue weighted by molar-refractivity contribution is 6.15. The van der Waals surface area contributed by atoms with Crippen LogP contribution in [0.3, 0.4) is 0 Å². The third kappa shape index (κ3) is 3.75. The molecule has 0 amide bonds. The van der Waals surface area contributed by atoms with Gasteiger partial charge in [-0.25, -0.2) is 0 Å². The Bertz CT molecular complexity index is 717. The molecule has 1 heterocycles. The third-order valence-electron chi connectivity index (χ3n) is 3.43. The van der Waals surface area contributed by atoms with Gasteiger partial charge < -0.3 is 14.3 Å². The summed E-state index contributed by atoms with van der Waals surface area (Å²) < 4.78 is 10.5. The van der Waals surface area contributed by atoms with E-state index in [1.807, 2.05) is 54.6 Å². The average molecular weight is 308 g/mol. The Balaban J connectivity index is 1.82. The lowest BCUT2D eigenvalue weighted by molar-refractivity contribution is -0.0933. The highest BCUT2D eigenvalue weighted by atomic mass is 16.7. The van der Waals surface area contributed by atoms with Crippen LogP contribution in [0.15, 0.2) is 59.8 Å². The maximum absolute atomic E-state index is 9.42. The number of oxime groups is 1. The third-order valence-corrected chi connectivity index (χ3v) is 3.43. The lowest BCUT2D eigenvalue weighted by Crippen LogP contribution is -2.15. The Labute approximate surface area is 134 Å². The van der Waals surface area contributed by atoms with Crippen molar-refractivity contribution in [1.29, 1.82) is 5.26 Å². The van der Waals surface area contributed by atoms with E-state index in [2.05, 4.69) is 11.2 Å². The smallest absolute Gasteiger partial charge is 0.194 e. The van der Waals surface area contributed by atoms with Gasteiger partial charge in [0, 0.05) is 5.56 Å². The van der Waals surface area contributed by atoms with Crippen LogP contribution in [0.1, 0.15) is 5.56 Å². The second kappa shape index (κ2) is 7.54. The molecule has 1 saturated heterocycles. The summed E-state index contributed by atoms with van der Waals surface area (Å²) in [6.07, 6.45) is -0.414. The maximum atomic E-state index is 9.42. The molecule has 0 spiro atoms. The second-order valence-electron chi connectivity index (χ2n) is 4.93. The Morgan fingerprint density at radius 2 is 1.78 bits per heavy atom. The number of nitrogens with zero attached hydrogens (tertiary/aromatic N) is 2. The Kier molecular flexibility index (Phi) is 4.99. The molecule has 0 N–H and O–H groups in total. The monoisotopic (exact) mass is 308 g/mol. The fourth-order valence-electron chi connectivity index (χ4n) is 2.35. The highest BCUT2D eigenvalue weighted by Gasteiger charge is 2.17. The summed E-state index contributed by atoms with van der Waals surface area (Å²) in [6.45, 7) is 1.28. The quantitative estimate of drug-likeness (QED) is 0.629. The van der Waals surface area contributed by atoms with Crippen LogP contribution >= 0.6 is 0 Å². The van der Waals surface area contributed by atoms with Gasteiger partial charge in [-0.05, 0) is 11.1 Å². The molecule has 1 aliphatic heterocycles. The largest absolute Gasteiger partial charge is 0.389 e. The van der Waals surface area contributed by atoms with Gasteiger partial charge in [0.25, 0.3) is 0 Å². The van der Waals surface area contributed by atoms with Crippen molar-refractivity contribution in [1.82, 2.24) is 0 Å². The molecule has 23 heavy (non-hydrogen) atoms. The van der Waals surface area contributed by atoms with Crippen LogP contribution in [-0.4, -0.2) is 31.8 Å². The van der Waals surface area contributed by atoms with E-state index in [9.17, 15) is 5.26 Å². The van der Waals surface area contributed by atoms with E-state index in [0.717, 1.165) is 16.7 Å². The predicted molar refractivity (Wildman–Crippen MR) is 85.7 cm³/mol. The molecule has 3 rings (SSSR count). The van der Waals surface area contributed by atoms with Gasteiger partial charge in [-0.15, -0.1) is 0 Å². The van der Waals surface area contributed by atoms with Gasteiger partial charge in [-0.3, -0.25) is 0 Å². The average Bonchev–Trinajstić information content (AvgIpc) is 3.13. The van der Waals surface area contributed by atoms with Crippen molar-refractivity contribution in [2.24, 2.45) is 5.16 Å². The molecule has 0 aliphatic carbocycles. The Morgan fingerprint density at radius 3 is 2.52 bits per heavy atom. The SMILES string of the molecule is N#CC(=NOCC1OCCO1)c1ccccc1-c1ccccc1. The van der Waals surface area contributed by atoms with Gasteiger partial charge in [0.15, 0.2) is 18.6 Å². The van der Waals surface area contributed by atoms with E-state index in [-0.39, 0.29) is 12.3 Å². The lowest BCUT2D eigenvalue weighted by Gasteiger charge is -2.09. The molecule has 0 unspecified atom stereocenters. The van der Waals surface area contributed by atoms with Crippen LogP contribution in [0.5, 0.6) is 0 Å². The lowest BCUT2D eigenvalue weighted by atomic mass is 9.97. The minimum atomic E-state index is -0.414. The molecule has 0 atom stereocenters. The first-order valence-electron chi connectivity index (χ1n) is 7.36. The number of hydrogen-bond donors (Lipinski definition) is 0. The number of nitriles is 1. The normalized spacial score (nSPS) is 15.3. The van der Waals surface area contributed by atoms with Gasteiger partial charge in [0.2, 0.25) is 0 Å². The standard InChI is InChI=1S/C18H16N2O3/c19-12-17(20-23-13-18-21-10-11-22-18)16-9-5-4-8-15(16)14-6-2-1-3-7-14/h1-9,18H,10-11,13H2. The Hall–Kier alpha value is -2.68. The first-order chi connectivity index (χ1) is 11.4. The van der Waals surface area contributed by atoms with Crippen LogP contribution < -0.4 is 0 Å². The van der Waals surface area contributed by atoms with Crippen molar-refractivity contribution in [3.63, 3.8) is 0 Å². The van der Waals surface area contributed by atoms with E-state index in [0.29, 0.717) is 13.2 Å². The summed E-state index contributed by atoms with van der Waals surface area (Å²) in [6, 6.07) is 19.6. The molecule has 0 bridgehead atoms. The number of rotatable bonds is 5. The summed E-state index contributed by atoms with van der Waals surface area (Å²) in [4.78, 5) is 5.23. The van der Waals surface area contributed by atoms with Crippen LogP contribution in [0.2, 0.25) is 0 Å². The molecule has 0 saturated carbocycles. The molecule has 2 aromatic rings. The van der Waals surface area contributed by atoms with E-state index < -0.39 is 6.29 Å². The predicted octanol–water partition coefficient (Wildman–Crippen LogP) is 2.97. The van der Waals surface area contributed by atoms with Crippen molar-refractivity contribution < 1.29 is 14.3 Å². The molecular formula is C18H16N2O3. The molecular weight excluding hydrogens is 292 g/mol. The number of ether oxygens (including phenoxy) is 2. The summed E-state index contributed by atoms with van der Waals surface area (Å²) in [7, 11) is 0. The van der Waals surface area contributed by atoms with Crippen molar-refractivity contribution >= 4 is 5.71 Å². The highest BCUT2D eigenvalue weighted by Crippen LogP contribution is 2.24. The topological polar surface area (TPSA) is 63.8 Å². The first kappa shape index (κ1) is 15.2. The van der Waals surface area contributed by atoms with Crippen molar-refractivity contribution in [2.75, 3.05) is 19.8 Å². The molecule has 0 radical (unpaired) electrons. The molecule has 0 aromatic heterocycles. The molecule has 1 aliphatic rings. The van der Waals surface area contributed by atoms with Crippen molar-refractivity contribution in [3.05, 3.63) is 60.2 Å². The van der Waals surface area contributed by atoms with Gasteiger partial charge in [-0.2, -0.15) is 5.26 Å². The van der Waals surface area contributed by atoms with E-state index >= 15 is 0 Å². The van der Waals surface area contributed by atoms with E-state index in [4.69, 9.17) is 14.3 Å². The minimum Gasteiger partial charge on any atom is -0.389 e. The molecule has 5 heteroatoms. The molecule has 1 fully saturated rings. The molecule has 116 valence electrons. The molecule has 5 nitrogen and oxygen atoms in total. The summed E-state index contributed by atoms with van der Waals surface area (Å²) >= 11 is 0. The van der Waals surface area contributed by atoms with Crippen molar-refractivity contribution in [3.8, 4) is 17.2 Å². The number of hydrogen-bond acceptors (Lipinski definition) is 5. The fourth-order valence-corrected chi connectivity index (χ4v) is 2.35. The minimum absolute atomic E-state index is 0.165. The number of benzene rings is 2. The van der Waals surface area contributed by atoms with Crippen molar-refractivity contribution in [2.45, 2.75) is 6.29 Å². The van der Waals surface area contributed by atoms with Gasteiger partial charge in [0.1, 0.15) is 6.07 Å². The second-order valence-corrected chi connectivity index (χ2v) is 4.93. The van der Waals surface area contributed by atoms with Crippen LogP contribution in [0.25, 0.3) is 11.1 Å². The Morgan fingerprint density at radius 1 is 1.09 bits per heavy atom. The van der Waals surface area contributed by atoms with E-state index in [1.54, 1.807) is 0 Å². The zero-order valence-electron chi connectivity index (χ0n) is 12.5. The van der Waals surface area contributed by atoms with Crippen LogP contribution in [0, 0.1) is 11.3 Å². The summed E-state index contributed by atoms with van der Waals surface area (Å²) in [5.74, 6) is 0. The summed E-state index contributed by atoms with van der Waals surface area (Å²) in [5.41, 5.74) is 2.91. The first-order valence-corrected chi connectivity index (χ1v) is 7.36. The van der Waals surface area contributed by atoms with Crippen LogP contribution in [0.4, 0.5) is 0 Å². The van der Waals surface area contributed by atoms with Gasteiger partial charge in [0.05, 0.1) is 13.2 Å². The zero-order chi connectivity index (χ0) is 15.9.